The molecule has 0 heterocycles. The van der Waals surface area contributed by atoms with Gasteiger partial charge in [0.2, 0.25) is 0 Å². The molecule has 4 nitrogen and oxygen atoms in total. The summed E-state index contributed by atoms with van der Waals surface area (Å²) in [7, 11) is 0. The number of hydrogen-bond acceptors (Lipinski definition) is 4. The fourth-order valence-electron chi connectivity index (χ4n) is 0.235. The minimum Gasteiger partial charge on any atom is -0.435 e. The largest absolute Gasteiger partial charge is 0.435 e. The van der Waals surface area contributed by atoms with Crippen molar-refractivity contribution in [1.82, 2.24) is 0 Å². The van der Waals surface area contributed by atoms with E-state index in [0.29, 0.717) is 0 Å². The summed E-state index contributed by atoms with van der Waals surface area (Å²) in [4.78, 5) is 19.5. The minimum absolute atomic E-state index is 0.329. The van der Waals surface area contributed by atoms with Gasteiger partial charge in [0.05, 0.1) is 12.5 Å². The molecule has 6 heteroatoms. The summed E-state index contributed by atoms with van der Waals surface area (Å²) in [6, 6.07) is 0. The normalized spacial score (nSPS) is 6.00. The Morgan fingerprint density at radius 3 is 1.00 bits per heavy atom. The third-order valence-corrected chi connectivity index (χ3v) is 0.499. The van der Waals surface area contributed by atoms with Crippen LogP contribution < -0.4 is 0 Å². The number of halogens is 2. The van der Waals surface area contributed by atoms with Crippen molar-refractivity contribution in [3.8, 4) is 0 Å². The lowest BCUT2D eigenvalue weighted by atomic mass is 10.8. The highest BCUT2D eigenvalue weighted by Crippen LogP contribution is 1.70. The van der Waals surface area contributed by atoms with Crippen molar-refractivity contribution in [2.45, 2.75) is 13.8 Å². The van der Waals surface area contributed by atoms with Crippen molar-refractivity contribution in [1.29, 1.82) is 0 Å². The van der Waals surface area contributed by atoms with Gasteiger partial charge in [0.25, 0.3) is 0 Å². The van der Waals surface area contributed by atoms with Crippen LogP contribution in [0.1, 0.15) is 13.8 Å². The molecule has 0 aromatic heterocycles. The van der Waals surface area contributed by atoms with E-state index in [1.54, 1.807) is 0 Å². The highest BCUT2D eigenvalue weighted by Gasteiger charge is 1.79. The van der Waals surface area contributed by atoms with Gasteiger partial charge in [0.1, 0.15) is 0 Å². The van der Waals surface area contributed by atoms with Crippen molar-refractivity contribution >= 4 is 35.1 Å². The topological polar surface area (TPSA) is 52.6 Å². The van der Waals surface area contributed by atoms with E-state index in [1.807, 2.05) is 0 Å². The van der Waals surface area contributed by atoms with Crippen molar-refractivity contribution in [2.75, 3.05) is 0 Å². The molecule has 0 saturated heterocycles. The number of carbonyl (C=O) groups is 2. The van der Waals surface area contributed by atoms with Crippen molar-refractivity contribution in [2.24, 2.45) is 0 Å². The van der Waals surface area contributed by atoms with E-state index in [-0.39, 0.29) is 11.9 Å². The SMILES string of the molecule is C=CCl.C=CCl.C=COC(C)=O.C=COC(C)=O. The average Bonchev–Trinajstić information content (AvgIpc) is 2.20. The van der Waals surface area contributed by atoms with E-state index in [0.717, 1.165) is 12.5 Å². The maximum absolute atomic E-state index is 9.75. The molecule has 0 aromatic rings. The lowest BCUT2D eigenvalue weighted by Crippen LogP contribution is -1.87. The molecule has 0 N–H and O–H groups in total. The lowest BCUT2D eigenvalue weighted by molar-refractivity contribution is -0.136. The first-order chi connectivity index (χ1) is 8.37. The molecule has 18 heavy (non-hydrogen) atoms. The quantitative estimate of drug-likeness (QED) is 0.568. The highest BCUT2D eigenvalue weighted by atomic mass is 35.5. The van der Waals surface area contributed by atoms with E-state index >= 15 is 0 Å². The molecule has 0 unspecified atom stereocenters. The van der Waals surface area contributed by atoms with E-state index in [2.05, 4.69) is 35.8 Å². The van der Waals surface area contributed by atoms with Crippen molar-refractivity contribution in [3.63, 3.8) is 0 Å². The molecule has 0 bridgehead atoms. The third-order valence-electron chi connectivity index (χ3n) is 0.499. The molecule has 0 radical (unpaired) electrons. The standard InChI is InChI=1S/2C4H6O2.2C2H3Cl/c2*1-3-6-4(2)5;2*1-2-3/h2*3H,1H2,2H3;2*2H,1H2. The van der Waals surface area contributed by atoms with Crippen LogP contribution in [0.5, 0.6) is 0 Å². The first kappa shape index (κ1) is 25.4. The number of rotatable bonds is 2. The summed E-state index contributed by atoms with van der Waals surface area (Å²) in [6.07, 6.45) is 2.20. The Kier molecular flexibility index (Phi) is 41.6. The van der Waals surface area contributed by atoms with E-state index in [4.69, 9.17) is 23.2 Å². The first-order valence-corrected chi connectivity index (χ1v) is 5.23. The van der Waals surface area contributed by atoms with Crippen LogP contribution in [0.4, 0.5) is 0 Å². The van der Waals surface area contributed by atoms with Gasteiger partial charge >= 0.3 is 11.9 Å². The van der Waals surface area contributed by atoms with Crippen LogP contribution in [0.3, 0.4) is 0 Å². The van der Waals surface area contributed by atoms with Crippen LogP contribution in [-0.2, 0) is 19.1 Å². The third kappa shape index (κ3) is 131. The number of ether oxygens (including phenoxy) is 2. The Bertz CT molecular complexity index is 224. The fourth-order valence-corrected chi connectivity index (χ4v) is 0.235. The van der Waals surface area contributed by atoms with Gasteiger partial charge in [-0.05, 0) is 11.1 Å². The monoisotopic (exact) mass is 296 g/mol. The predicted octanol–water partition coefficient (Wildman–Crippen LogP) is 4.12. The Morgan fingerprint density at radius 2 is 1.00 bits per heavy atom. The van der Waals surface area contributed by atoms with Crippen molar-refractivity contribution < 1.29 is 19.1 Å². The van der Waals surface area contributed by atoms with Gasteiger partial charge in [-0.15, -0.1) is 0 Å². The summed E-state index contributed by atoms with van der Waals surface area (Å²) in [5.41, 5.74) is 2.44. The molecule has 104 valence electrons. The van der Waals surface area contributed by atoms with Crippen LogP contribution >= 0.6 is 23.2 Å². The minimum atomic E-state index is -0.329. The van der Waals surface area contributed by atoms with Crippen molar-refractivity contribution in [3.05, 3.63) is 49.9 Å². The second kappa shape index (κ2) is 29.6. The molecular formula is C12H18Cl2O4. The zero-order chi connectivity index (χ0) is 15.4. The van der Waals surface area contributed by atoms with Crippen LogP contribution in [0, 0.1) is 0 Å². The van der Waals surface area contributed by atoms with E-state index < -0.39 is 0 Å². The van der Waals surface area contributed by atoms with E-state index in [9.17, 15) is 9.59 Å². The second-order valence-corrected chi connectivity index (χ2v) is 2.48. The summed E-state index contributed by atoms with van der Waals surface area (Å²) < 4.78 is 8.33. The van der Waals surface area contributed by atoms with Crippen LogP contribution in [0.15, 0.2) is 49.9 Å². The smallest absolute Gasteiger partial charge is 0.307 e. The zero-order valence-corrected chi connectivity index (χ0v) is 12.0. The molecule has 0 atom stereocenters. The Labute approximate surface area is 118 Å². The van der Waals surface area contributed by atoms with Gasteiger partial charge < -0.3 is 9.47 Å². The molecule has 0 aliphatic heterocycles. The summed E-state index contributed by atoms with van der Waals surface area (Å²) in [6.45, 7) is 15.2. The lowest BCUT2D eigenvalue weighted by Gasteiger charge is -1.83. The molecule has 0 aromatic carbocycles. The van der Waals surface area contributed by atoms with E-state index in [1.165, 1.54) is 24.9 Å². The number of carbonyl (C=O) groups excluding carboxylic acids is 2. The summed E-state index contributed by atoms with van der Waals surface area (Å²) >= 11 is 9.52. The fraction of sp³-hybridized carbons (Fsp3) is 0.167. The maximum atomic E-state index is 9.75. The molecule has 0 aliphatic carbocycles. The molecule has 0 saturated carbocycles. The zero-order valence-electron chi connectivity index (χ0n) is 10.5. The van der Waals surface area contributed by atoms with Gasteiger partial charge in [-0.1, -0.05) is 49.5 Å². The molecule has 0 spiro atoms. The Morgan fingerprint density at radius 1 is 0.833 bits per heavy atom. The van der Waals surface area contributed by atoms with Gasteiger partial charge in [-0.25, -0.2) is 0 Å². The maximum Gasteiger partial charge on any atom is 0.307 e. The predicted molar refractivity (Wildman–Crippen MR) is 76.0 cm³/mol. The summed E-state index contributed by atoms with van der Waals surface area (Å²) in [5.74, 6) is -0.657. The van der Waals surface area contributed by atoms with Crippen LogP contribution in [-0.4, -0.2) is 11.9 Å². The molecule has 0 rings (SSSR count). The average molecular weight is 297 g/mol. The number of esters is 2. The first-order valence-electron chi connectivity index (χ1n) is 4.36. The molecular weight excluding hydrogens is 279 g/mol. The highest BCUT2D eigenvalue weighted by molar-refractivity contribution is 6.25. The van der Waals surface area contributed by atoms with Crippen LogP contribution in [0.25, 0.3) is 0 Å². The molecule has 0 aliphatic rings. The number of hydrogen-bond donors (Lipinski definition) is 0. The van der Waals surface area contributed by atoms with Gasteiger partial charge in [-0.2, -0.15) is 0 Å². The Balaban J connectivity index is -0.0000000770. The molecule has 0 amide bonds. The van der Waals surface area contributed by atoms with Crippen LogP contribution in [0.2, 0.25) is 0 Å². The van der Waals surface area contributed by atoms with Gasteiger partial charge in [-0.3, -0.25) is 9.59 Å². The van der Waals surface area contributed by atoms with Gasteiger partial charge in [0, 0.05) is 13.8 Å². The second-order valence-electron chi connectivity index (χ2n) is 1.86. The molecule has 0 fully saturated rings. The van der Waals surface area contributed by atoms with Gasteiger partial charge in [0.15, 0.2) is 0 Å². The Hall–Kier alpha value is -1.52. The summed E-state index contributed by atoms with van der Waals surface area (Å²) in [5, 5.41) is 0.